The zero-order chi connectivity index (χ0) is 24.2. The second-order valence-corrected chi connectivity index (χ2v) is 9.67. The quantitative estimate of drug-likeness (QED) is 0.422. The number of fused-ring (bicyclic) bond motifs is 1. The number of nitrogens with one attached hydrogen (secondary N) is 2. The van der Waals surface area contributed by atoms with E-state index in [-0.39, 0.29) is 18.2 Å². The van der Waals surface area contributed by atoms with Crippen LogP contribution in [-0.4, -0.2) is 61.5 Å². The fourth-order valence-electron chi connectivity index (χ4n) is 4.99. The van der Waals surface area contributed by atoms with Gasteiger partial charge in [0.2, 0.25) is 5.95 Å². The molecule has 2 fully saturated rings. The number of urea groups is 1. The average molecular weight is 478 g/mol. The van der Waals surface area contributed by atoms with Crippen molar-refractivity contribution in [2.45, 2.75) is 70.4 Å². The van der Waals surface area contributed by atoms with Gasteiger partial charge in [-0.1, -0.05) is 25.5 Å². The Balaban J connectivity index is 1.43. The summed E-state index contributed by atoms with van der Waals surface area (Å²) in [7, 11) is 0. The number of aliphatic hydroxyl groups is 1. The predicted octanol–water partition coefficient (Wildman–Crippen LogP) is 4.81. The minimum absolute atomic E-state index is 0.0408. The third kappa shape index (κ3) is 5.24. The van der Waals surface area contributed by atoms with Crippen molar-refractivity contribution in [1.29, 1.82) is 0 Å². The number of likely N-dealkylation sites (tertiary alicyclic amines) is 1. The third-order valence-corrected chi connectivity index (χ3v) is 7.08. The van der Waals surface area contributed by atoms with Crippen LogP contribution in [0.3, 0.4) is 0 Å². The number of unbranched alkanes of at least 4 members (excludes halogenated alkanes) is 1. The summed E-state index contributed by atoms with van der Waals surface area (Å²) < 4.78 is 2.03. The Morgan fingerprint density at radius 2 is 1.86 bits per heavy atom. The predicted molar refractivity (Wildman–Crippen MR) is 137 cm³/mol. The molecule has 0 spiro atoms. The Kier molecular flexibility index (Phi) is 7.13. The fraction of sp³-hybridized carbons (Fsp3) is 0.538. The van der Waals surface area contributed by atoms with Crippen LogP contribution >= 0.6 is 0 Å². The Labute approximate surface area is 205 Å². The summed E-state index contributed by atoms with van der Waals surface area (Å²) in [4.78, 5) is 23.7. The van der Waals surface area contributed by atoms with Crippen LogP contribution in [-0.2, 0) is 0 Å². The van der Waals surface area contributed by atoms with Crippen LogP contribution in [0.1, 0.15) is 64.3 Å². The van der Waals surface area contributed by atoms with Gasteiger partial charge in [0.25, 0.3) is 0 Å². The molecule has 2 amide bonds. The lowest BCUT2D eigenvalue weighted by Crippen LogP contribution is -2.32. The first-order valence-corrected chi connectivity index (χ1v) is 13.0. The summed E-state index contributed by atoms with van der Waals surface area (Å²) in [6.45, 7) is 4.64. The van der Waals surface area contributed by atoms with Gasteiger partial charge in [0, 0.05) is 37.1 Å². The van der Waals surface area contributed by atoms with Crippen molar-refractivity contribution in [3.63, 3.8) is 0 Å². The highest BCUT2D eigenvalue weighted by Gasteiger charge is 2.26. The summed E-state index contributed by atoms with van der Waals surface area (Å²) in [5.41, 5.74) is 3.39. The number of anilines is 2. The van der Waals surface area contributed by atoms with Crippen LogP contribution in [0.2, 0.25) is 0 Å². The van der Waals surface area contributed by atoms with Crippen molar-refractivity contribution in [2.24, 2.45) is 0 Å². The van der Waals surface area contributed by atoms with E-state index in [9.17, 15) is 9.90 Å². The van der Waals surface area contributed by atoms with Crippen LogP contribution in [0.4, 0.5) is 16.4 Å². The molecule has 3 aromatic rings. The number of carbonyl (C=O) groups is 1. The number of hydrogen-bond acceptors (Lipinski definition) is 6. The molecule has 0 bridgehead atoms. The molecule has 1 aliphatic heterocycles. The van der Waals surface area contributed by atoms with E-state index in [4.69, 9.17) is 10.1 Å². The molecular weight excluding hydrogens is 442 g/mol. The van der Waals surface area contributed by atoms with E-state index in [1.807, 2.05) is 40.0 Å². The lowest BCUT2D eigenvalue weighted by molar-refractivity contribution is 0.109. The number of aromatic nitrogens is 4. The third-order valence-electron chi connectivity index (χ3n) is 7.08. The first-order chi connectivity index (χ1) is 17.1. The van der Waals surface area contributed by atoms with E-state index >= 15 is 0 Å². The molecule has 2 aromatic heterocycles. The SMILES string of the molecule is CCCCNc1ncc2c(-c3ccc(NC(=O)N4CCCC4)cc3)nn([C@H]3CC[C@@H](O)CC3)c2n1. The van der Waals surface area contributed by atoms with Gasteiger partial charge in [0.05, 0.1) is 17.5 Å². The van der Waals surface area contributed by atoms with Crippen molar-refractivity contribution in [1.82, 2.24) is 24.6 Å². The van der Waals surface area contributed by atoms with Crippen molar-refractivity contribution in [2.75, 3.05) is 30.3 Å². The molecule has 3 N–H and O–H groups in total. The number of carbonyl (C=O) groups excluding carboxylic acids is 1. The maximum absolute atomic E-state index is 12.4. The topological polar surface area (TPSA) is 108 Å². The molecule has 0 radical (unpaired) electrons. The monoisotopic (exact) mass is 477 g/mol. The van der Waals surface area contributed by atoms with Gasteiger partial charge in [-0.2, -0.15) is 10.1 Å². The number of benzene rings is 1. The Morgan fingerprint density at radius 1 is 1.11 bits per heavy atom. The molecule has 9 nitrogen and oxygen atoms in total. The molecule has 3 heterocycles. The number of hydrogen-bond donors (Lipinski definition) is 3. The second kappa shape index (κ2) is 10.6. The minimum atomic E-state index is -0.225. The van der Waals surface area contributed by atoms with Crippen molar-refractivity contribution in [3.05, 3.63) is 30.5 Å². The summed E-state index contributed by atoms with van der Waals surface area (Å²) in [5, 5.41) is 22.2. The van der Waals surface area contributed by atoms with Gasteiger partial charge in [-0.15, -0.1) is 0 Å². The lowest BCUT2D eigenvalue weighted by Gasteiger charge is -2.25. The van der Waals surface area contributed by atoms with Gasteiger partial charge in [0.1, 0.15) is 5.69 Å². The number of aliphatic hydroxyl groups excluding tert-OH is 1. The molecule has 186 valence electrons. The fourth-order valence-corrected chi connectivity index (χ4v) is 4.99. The smallest absolute Gasteiger partial charge is 0.321 e. The van der Waals surface area contributed by atoms with Crippen LogP contribution < -0.4 is 10.6 Å². The van der Waals surface area contributed by atoms with Gasteiger partial charge in [-0.25, -0.2) is 14.5 Å². The summed E-state index contributed by atoms with van der Waals surface area (Å²) in [6.07, 6.45) is 9.25. The van der Waals surface area contributed by atoms with Crippen molar-refractivity contribution >= 4 is 28.7 Å². The molecule has 1 saturated carbocycles. The zero-order valence-electron chi connectivity index (χ0n) is 20.4. The minimum Gasteiger partial charge on any atom is -0.393 e. The number of amides is 2. The normalized spacial score (nSPS) is 20.3. The van der Waals surface area contributed by atoms with E-state index in [1.54, 1.807) is 0 Å². The lowest BCUT2D eigenvalue weighted by atomic mass is 9.93. The average Bonchev–Trinajstić information content (AvgIpc) is 3.54. The van der Waals surface area contributed by atoms with Crippen LogP contribution in [0.5, 0.6) is 0 Å². The Hall–Kier alpha value is -3.20. The first-order valence-electron chi connectivity index (χ1n) is 13.0. The highest BCUT2D eigenvalue weighted by Crippen LogP contribution is 2.35. The Morgan fingerprint density at radius 3 is 2.57 bits per heavy atom. The number of nitrogens with zero attached hydrogens (tertiary/aromatic N) is 5. The molecule has 1 saturated heterocycles. The van der Waals surface area contributed by atoms with E-state index in [2.05, 4.69) is 22.5 Å². The maximum atomic E-state index is 12.4. The van der Waals surface area contributed by atoms with Crippen LogP contribution in [0.25, 0.3) is 22.3 Å². The van der Waals surface area contributed by atoms with Gasteiger partial charge in [-0.05, 0) is 57.1 Å². The first kappa shape index (κ1) is 23.5. The summed E-state index contributed by atoms with van der Waals surface area (Å²) in [6, 6.07) is 7.99. The molecule has 5 rings (SSSR count). The molecule has 35 heavy (non-hydrogen) atoms. The molecule has 0 unspecified atom stereocenters. The largest absolute Gasteiger partial charge is 0.393 e. The zero-order valence-corrected chi connectivity index (χ0v) is 20.4. The van der Waals surface area contributed by atoms with Gasteiger partial charge < -0.3 is 20.6 Å². The molecular formula is C26H35N7O2. The molecule has 2 aliphatic rings. The van der Waals surface area contributed by atoms with Crippen LogP contribution in [0.15, 0.2) is 30.5 Å². The molecule has 1 aromatic carbocycles. The molecule has 0 atom stereocenters. The summed E-state index contributed by atoms with van der Waals surface area (Å²) >= 11 is 0. The molecule has 9 heteroatoms. The van der Waals surface area contributed by atoms with E-state index in [0.29, 0.717) is 5.95 Å². The van der Waals surface area contributed by atoms with Gasteiger partial charge >= 0.3 is 6.03 Å². The van der Waals surface area contributed by atoms with Crippen LogP contribution in [0, 0.1) is 0 Å². The van der Waals surface area contributed by atoms with E-state index in [0.717, 1.165) is 99.0 Å². The number of rotatable bonds is 7. The van der Waals surface area contributed by atoms with Gasteiger partial charge in [0.15, 0.2) is 5.65 Å². The summed E-state index contributed by atoms with van der Waals surface area (Å²) in [5.74, 6) is 0.620. The molecule has 1 aliphatic carbocycles. The van der Waals surface area contributed by atoms with Crippen molar-refractivity contribution in [3.8, 4) is 11.3 Å². The second-order valence-electron chi connectivity index (χ2n) is 9.67. The standard InChI is InChI=1S/C26H35N7O2/c1-2-3-14-27-25-28-17-22-23(31-33(24(22)30-25)20-10-12-21(34)13-11-20)18-6-8-19(9-7-18)29-26(35)32-15-4-5-16-32/h6-9,17,20-21,34H,2-5,10-16H2,1H3,(H,29,35)(H,27,28,30)/t20-,21+. The van der Waals surface area contributed by atoms with Crippen molar-refractivity contribution < 1.29 is 9.90 Å². The highest BCUT2D eigenvalue weighted by molar-refractivity contribution is 5.93. The maximum Gasteiger partial charge on any atom is 0.321 e. The highest BCUT2D eigenvalue weighted by atomic mass is 16.3. The van der Waals surface area contributed by atoms with E-state index < -0.39 is 0 Å². The van der Waals surface area contributed by atoms with Gasteiger partial charge in [-0.3, -0.25) is 0 Å². The van der Waals surface area contributed by atoms with E-state index in [1.165, 1.54) is 0 Å². The Bertz CT molecular complexity index is 1150.